The molecule has 1 aromatic rings. The lowest BCUT2D eigenvalue weighted by Gasteiger charge is -2.25. The van der Waals surface area contributed by atoms with Crippen molar-refractivity contribution in [2.45, 2.75) is 26.2 Å². The summed E-state index contributed by atoms with van der Waals surface area (Å²) in [4.78, 5) is 0. The third-order valence-corrected chi connectivity index (χ3v) is 4.39. The third kappa shape index (κ3) is 2.87. The topological polar surface area (TPSA) is 12.0 Å². The van der Waals surface area contributed by atoms with Crippen LogP contribution in [-0.4, -0.2) is 7.05 Å². The Morgan fingerprint density at radius 3 is 2.67 bits per heavy atom. The molecule has 1 heteroatoms. The van der Waals surface area contributed by atoms with E-state index in [1.54, 1.807) is 0 Å². The minimum atomic E-state index is 0.508. The standard InChI is InChI=1S/C20H23N/c1-15-8-6-7-11-18(15)19-14-17(12-13-20(19)21-2)16-9-4-3-5-10-16/h4,6-11,13-14,17,21H,3,5,12H2,1-2H3. The quantitative estimate of drug-likeness (QED) is 0.838. The first-order chi connectivity index (χ1) is 10.3. The summed E-state index contributed by atoms with van der Waals surface area (Å²) < 4.78 is 0. The average Bonchev–Trinajstić information content (AvgIpc) is 2.55. The van der Waals surface area contributed by atoms with Crippen molar-refractivity contribution in [3.05, 3.63) is 77.0 Å². The molecule has 0 saturated heterocycles. The first-order valence-corrected chi connectivity index (χ1v) is 7.82. The van der Waals surface area contributed by atoms with E-state index < -0.39 is 0 Å². The predicted molar refractivity (Wildman–Crippen MR) is 90.9 cm³/mol. The van der Waals surface area contributed by atoms with Gasteiger partial charge in [0.2, 0.25) is 0 Å². The molecule has 2 aliphatic rings. The molecule has 0 spiro atoms. The van der Waals surface area contributed by atoms with Crippen molar-refractivity contribution in [1.82, 2.24) is 5.32 Å². The summed E-state index contributed by atoms with van der Waals surface area (Å²) in [6.07, 6.45) is 15.2. The van der Waals surface area contributed by atoms with E-state index in [0.29, 0.717) is 5.92 Å². The van der Waals surface area contributed by atoms with Gasteiger partial charge in [0.15, 0.2) is 0 Å². The highest BCUT2D eigenvalue weighted by molar-refractivity contribution is 5.81. The van der Waals surface area contributed by atoms with E-state index in [1.807, 2.05) is 7.05 Å². The van der Waals surface area contributed by atoms with Crippen LogP contribution in [0.15, 0.2) is 65.9 Å². The molecule has 1 aromatic carbocycles. The van der Waals surface area contributed by atoms with Gasteiger partial charge in [-0.05, 0) is 42.9 Å². The minimum absolute atomic E-state index is 0.508. The van der Waals surface area contributed by atoms with Gasteiger partial charge in [-0.3, -0.25) is 0 Å². The summed E-state index contributed by atoms with van der Waals surface area (Å²) >= 11 is 0. The van der Waals surface area contributed by atoms with Gasteiger partial charge in [0.1, 0.15) is 0 Å². The molecule has 0 heterocycles. The van der Waals surface area contributed by atoms with Crippen LogP contribution in [0.25, 0.3) is 5.57 Å². The van der Waals surface area contributed by atoms with Gasteiger partial charge in [-0.25, -0.2) is 0 Å². The number of allylic oxidation sites excluding steroid dienone is 7. The monoisotopic (exact) mass is 277 g/mol. The highest BCUT2D eigenvalue weighted by Crippen LogP contribution is 2.35. The van der Waals surface area contributed by atoms with Crippen molar-refractivity contribution in [2.75, 3.05) is 7.05 Å². The fourth-order valence-electron chi connectivity index (χ4n) is 3.20. The molecule has 1 nitrogen and oxygen atoms in total. The molecule has 2 aliphatic carbocycles. The molecule has 1 atom stereocenters. The van der Waals surface area contributed by atoms with Crippen molar-refractivity contribution < 1.29 is 0 Å². The molecule has 3 rings (SSSR count). The van der Waals surface area contributed by atoms with Crippen molar-refractivity contribution in [3.63, 3.8) is 0 Å². The third-order valence-electron chi connectivity index (χ3n) is 4.39. The maximum atomic E-state index is 3.36. The van der Waals surface area contributed by atoms with Crippen LogP contribution in [0.1, 0.15) is 30.4 Å². The van der Waals surface area contributed by atoms with Crippen molar-refractivity contribution in [2.24, 2.45) is 5.92 Å². The summed E-state index contributed by atoms with van der Waals surface area (Å²) in [5.41, 5.74) is 6.73. The number of hydrogen-bond donors (Lipinski definition) is 1. The molecule has 0 bridgehead atoms. The molecule has 1 N–H and O–H groups in total. The maximum absolute atomic E-state index is 3.36. The lowest BCUT2D eigenvalue weighted by Crippen LogP contribution is -2.15. The molecule has 1 unspecified atom stereocenters. The van der Waals surface area contributed by atoms with Gasteiger partial charge in [-0.2, -0.15) is 0 Å². The van der Waals surface area contributed by atoms with Gasteiger partial charge in [0.25, 0.3) is 0 Å². The first kappa shape index (κ1) is 13.9. The van der Waals surface area contributed by atoms with Crippen LogP contribution in [0.5, 0.6) is 0 Å². The Balaban J connectivity index is 1.99. The molecule has 0 radical (unpaired) electrons. The van der Waals surface area contributed by atoms with Gasteiger partial charge in [0, 0.05) is 24.2 Å². The van der Waals surface area contributed by atoms with E-state index in [9.17, 15) is 0 Å². The first-order valence-electron chi connectivity index (χ1n) is 7.82. The number of rotatable bonds is 3. The predicted octanol–water partition coefficient (Wildman–Crippen LogP) is 4.78. The lowest BCUT2D eigenvalue weighted by molar-refractivity contribution is 0.758. The van der Waals surface area contributed by atoms with E-state index in [0.717, 1.165) is 6.42 Å². The van der Waals surface area contributed by atoms with Gasteiger partial charge >= 0.3 is 0 Å². The molecule has 21 heavy (non-hydrogen) atoms. The Bertz CT molecular complexity index is 644. The van der Waals surface area contributed by atoms with Gasteiger partial charge in [-0.15, -0.1) is 0 Å². The van der Waals surface area contributed by atoms with Crippen LogP contribution >= 0.6 is 0 Å². The number of likely N-dealkylation sites (N-methyl/N-ethyl adjacent to an activating group) is 1. The molecule has 108 valence electrons. The highest BCUT2D eigenvalue weighted by Gasteiger charge is 2.19. The smallest absolute Gasteiger partial charge is 0.0374 e. The van der Waals surface area contributed by atoms with Crippen LogP contribution < -0.4 is 5.32 Å². The molecule has 0 saturated carbocycles. The average molecular weight is 277 g/mol. The Kier molecular flexibility index (Phi) is 4.10. The lowest BCUT2D eigenvalue weighted by atomic mass is 9.83. The fraction of sp³-hybridized carbons (Fsp3) is 0.300. The van der Waals surface area contributed by atoms with Crippen LogP contribution in [0.2, 0.25) is 0 Å². The molecular weight excluding hydrogens is 254 g/mol. The van der Waals surface area contributed by atoms with E-state index in [1.165, 1.54) is 40.8 Å². The minimum Gasteiger partial charge on any atom is -0.388 e. The van der Waals surface area contributed by atoms with Crippen molar-refractivity contribution in [3.8, 4) is 0 Å². The highest BCUT2D eigenvalue weighted by atomic mass is 14.8. The Hall–Kier alpha value is -2.02. The van der Waals surface area contributed by atoms with Crippen LogP contribution in [0.4, 0.5) is 0 Å². The van der Waals surface area contributed by atoms with Crippen molar-refractivity contribution in [1.29, 1.82) is 0 Å². The SMILES string of the molecule is CNC1=CCC(C2=CCCC=C2)C=C1c1ccccc1C. The summed E-state index contributed by atoms with van der Waals surface area (Å²) in [5, 5.41) is 3.36. The van der Waals surface area contributed by atoms with Crippen LogP contribution in [0, 0.1) is 12.8 Å². The van der Waals surface area contributed by atoms with Crippen LogP contribution in [0.3, 0.4) is 0 Å². The molecule has 0 fully saturated rings. The zero-order valence-electron chi connectivity index (χ0n) is 12.9. The summed E-state index contributed by atoms with van der Waals surface area (Å²) in [6.45, 7) is 2.19. The maximum Gasteiger partial charge on any atom is 0.0374 e. The van der Waals surface area contributed by atoms with E-state index in [4.69, 9.17) is 0 Å². The largest absolute Gasteiger partial charge is 0.388 e. The van der Waals surface area contributed by atoms with E-state index >= 15 is 0 Å². The molecule has 0 aliphatic heterocycles. The Morgan fingerprint density at radius 2 is 1.95 bits per heavy atom. The normalized spacial score (nSPS) is 21.4. The second-order valence-electron chi connectivity index (χ2n) is 5.79. The molecular formula is C20H23N. The second kappa shape index (κ2) is 6.17. The van der Waals surface area contributed by atoms with Gasteiger partial charge in [0.05, 0.1) is 0 Å². The molecule has 0 amide bonds. The van der Waals surface area contributed by atoms with E-state index in [-0.39, 0.29) is 0 Å². The zero-order chi connectivity index (χ0) is 14.7. The second-order valence-corrected chi connectivity index (χ2v) is 5.79. The number of nitrogens with one attached hydrogen (secondary N) is 1. The van der Waals surface area contributed by atoms with E-state index in [2.05, 4.69) is 66.9 Å². The number of hydrogen-bond acceptors (Lipinski definition) is 1. The summed E-state index contributed by atoms with van der Waals surface area (Å²) in [7, 11) is 2.01. The number of benzene rings is 1. The van der Waals surface area contributed by atoms with Crippen molar-refractivity contribution >= 4 is 5.57 Å². The van der Waals surface area contributed by atoms with Gasteiger partial charge in [-0.1, -0.05) is 54.6 Å². The van der Waals surface area contributed by atoms with Crippen LogP contribution in [-0.2, 0) is 0 Å². The Morgan fingerprint density at radius 1 is 1.10 bits per heavy atom. The zero-order valence-corrected chi connectivity index (χ0v) is 12.9. The summed E-state index contributed by atoms with van der Waals surface area (Å²) in [5.74, 6) is 0.508. The molecule has 0 aromatic heterocycles. The fourth-order valence-corrected chi connectivity index (χ4v) is 3.20. The number of aryl methyl sites for hydroxylation is 1. The Labute approximate surface area is 127 Å². The summed E-state index contributed by atoms with van der Waals surface area (Å²) in [6, 6.07) is 8.64. The van der Waals surface area contributed by atoms with Gasteiger partial charge < -0.3 is 5.32 Å².